The standard InChI is InChI=1S/C40H37N3O5/c44-37(26-42-40(29-14-4-1-5-15-29,30-16-6-2-7-17-30)31-18-8-3-9-19-31)43(27-38(45)46)25-24-41-39(47)48-28-36-34-22-12-10-20-32(34)33-21-11-13-23-35(33)36/h1-23,36,42H,24-28H2,(H,41,47)(H,45,46). The van der Waals surface area contributed by atoms with Crippen molar-refractivity contribution in [2.75, 3.05) is 32.8 Å². The third-order valence-corrected chi connectivity index (χ3v) is 8.80. The van der Waals surface area contributed by atoms with Crippen molar-refractivity contribution < 1.29 is 24.2 Å². The topological polar surface area (TPSA) is 108 Å². The van der Waals surface area contributed by atoms with Gasteiger partial charge in [0.1, 0.15) is 13.2 Å². The van der Waals surface area contributed by atoms with E-state index in [4.69, 9.17) is 4.74 Å². The lowest BCUT2D eigenvalue weighted by Gasteiger charge is -2.37. The van der Waals surface area contributed by atoms with E-state index in [0.29, 0.717) is 0 Å². The monoisotopic (exact) mass is 639 g/mol. The summed E-state index contributed by atoms with van der Waals surface area (Å²) in [6, 6.07) is 45.7. The SMILES string of the molecule is O=C(O)CN(CCNC(=O)OCC1c2ccccc2-c2ccccc21)C(=O)CNC(c1ccccc1)(c1ccccc1)c1ccccc1. The Kier molecular flexibility index (Phi) is 9.93. The number of fused-ring (bicyclic) bond motifs is 3. The Labute approximate surface area is 280 Å². The van der Waals surface area contributed by atoms with Gasteiger partial charge in [-0.2, -0.15) is 0 Å². The molecule has 0 unspecified atom stereocenters. The van der Waals surface area contributed by atoms with Gasteiger partial charge < -0.3 is 20.1 Å². The number of benzene rings is 5. The molecule has 0 bridgehead atoms. The second kappa shape index (κ2) is 14.8. The van der Waals surface area contributed by atoms with E-state index in [1.54, 1.807) is 0 Å². The van der Waals surface area contributed by atoms with Gasteiger partial charge in [-0.25, -0.2) is 4.79 Å². The highest BCUT2D eigenvalue weighted by Gasteiger charge is 2.37. The number of alkyl carbamates (subject to hydrolysis) is 1. The number of ether oxygens (including phenoxy) is 1. The Morgan fingerprint density at radius 1 is 0.667 bits per heavy atom. The second-order valence-electron chi connectivity index (χ2n) is 11.7. The van der Waals surface area contributed by atoms with E-state index in [1.807, 2.05) is 127 Å². The number of hydrogen-bond donors (Lipinski definition) is 3. The van der Waals surface area contributed by atoms with E-state index in [-0.39, 0.29) is 32.2 Å². The summed E-state index contributed by atoms with van der Waals surface area (Å²) in [5.74, 6) is -1.65. The summed E-state index contributed by atoms with van der Waals surface area (Å²) in [5, 5.41) is 15.8. The van der Waals surface area contributed by atoms with Crippen LogP contribution in [0.15, 0.2) is 140 Å². The number of hydrogen-bond acceptors (Lipinski definition) is 5. The van der Waals surface area contributed by atoms with Crippen molar-refractivity contribution in [2.45, 2.75) is 11.5 Å². The molecule has 6 rings (SSSR count). The van der Waals surface area contributed by atoms with Crippen LogP contribution >= 0.6 is 0 Å². The molecule has 1 aliphatic carbocycles. The fourth-order valence-corrected chi connectivity index (χ4v) is 6.59. The van der Waals surface area contributed by atoms with Crippen LogP contribution in [0, 0.1) is 0 Å². The highest BCUT2D eigenvalue weighted by Crippen LogP contribution is 2.44. The fourth-order valence-electron chi connectivity index (χ4n) is 6.59. The molecule has 0 saturated carbocycles. The summed E-state index contributed by atoms with van der Waals surface area (Å²) in [6.07, 6.45) is -0.631. The summed E-state index contributed by atoms with van der Waals surface area (Å²) in [4.78, 5) is 39.5. The van der Waals surface area contributed by atoms with Crippen LogP contribution < -0.4 is 10.6 Å². The number of amides is 2. The molecule has 48 heavy (non-hydrogen) atoms. The molecule has 5 aromatic carbocycles. The summed E-state index contributed by atoms with van der Waals surface area (Å²) < 4.78 is 5.62. The molecule has 0 heterocycles. The van der Waals surface area contributed by atoms with Gasteiger partial charge in [-0.05, 0) is 38.9 Å². The number of carboxylic acids is 1. The van der Waals surface area contributed by atoms with Crippen molar-refractivity contribution in [2.24, 2.45) is 0 Å². The smallest absolute Gasteiger partial charge is 0.407 e. The predicted molar refractivity (Wildman–Crippen MR) is 184 cm³/mol. The lowest BCUT2D eigenvalue weighted by Crippen LogP contribution is -2.51. The van der Waals surface area contributed by atoms with E-state index in [0.717, 1.165) is 38.9 Å². The minimum Gasteiger partial charge on any atom is -0.480 e. The van der Waals surface area contributed by atoms with Gasteiger partial charge in [0.05, 0.1) is 12.1 Å². The third-order valence-electron chi connectivity index (χ3n) is 8.80. The fraction of sp³-hybridized carbons (Fsp3) is 0.175. The zero-order valence-corrected chi connectivity index (χ0v) is 26.4. The first kappa shape index (κ1) is 32.2. The van der Waals surface area contributed by atoms with Gasteiger partial charge >= 0.3 is 12.1 Å². The van der Waals surface area contributed by atoms with Crippen molar-refractivity contribution >= 4 is 18.0 Å². The zero-order valence-electron chi connectivity index (χ0n) is 26.4. The van der Waals surface area contributed by atoms with Crippen LogP contribution in [-0.4, -0.2) is 60.8 Å². The third kappa shape index (κ3) is 6.84. The van der Waals surface area contributed by atoms with Crippen LogP contribution in [0.4, 0.5) is 4.79 Å². The first-order chi connectivity index (χ1) is 23.5. The van der Waals surface area contributed by atoms with Crippen LogP contribution in [0.5, 0.6) is 0 Å². The number of rotatable bonds is 13. The van der Waals surface area contributed by atoms with Gasteiger partial charge in [0.15, 0.2) is 0 Å². The lowest BCUT2D eigenvalue weighted by atomic mass is 9.77. The molecule has 0 aliphatic heterocycles. The number of nitrogens with one attached hydrogen (secondary N) is 2. The van der Waals surface area contributed by atoms with Gasteiger partial charge in [0.25, 0.3) is 0 Å². The first-order valence-electron chi connectivity index (χ1n) is 16.0. The first-order valence-corrected chi connectivity index (χ1v) is 16.0. The molecule has 1 aliphatic rings. The molecule has 0 fully saturated rings. The molecule has 2 amide bonds. The number of nitrogens with zero attached hydrogens (tertiary/aromatic N) is 1. The summed E-state index contributed by atoms with van der Waals surface area (Å²) in [7, 11) is 0. The van der Waals surface area contributed by atoms with E-state index in [2.05, 4.69) is 22.8 Å². The predicted octanol–water partition coefficient (Wildman–Crippen LogP) is 6.02. The average Bonchev–Trinajstić information content (AvgIpc) is 3.45. The highest BCUT2D eigenvalue weighted by molar-refractivity contribution is 5.83. The van der Waals surface area contributed by atoms with Crippen molar-refractivity contribution in [1.82, 2.24) is 15.5 Å². The van der Waals surface area contributed by atoms with Gasteiger partial charge in [-0.1, -0.05) is 140 Å². The summed E-state index contributed by atoms with van der Waals surface area (Å²) in [6.45, 7) is -0.496. The summed E-state index contributed by atoms with van der Waals surface area (Å²) in [5.41, 5.74) is 6.37. The number of carbonyl (C=O) groups is 3. The number of carboxylic acid groups (broad SMARTS) is 1. The minimum atomic E-state index is -1.15. The highest BCUT2D eigenvalue weighted by atomic mass is 16.5. The van der Waals surface area contributed by atoms with Crippen LogP contribution in [-0.2, 0) is 19.9 Å². The Bertz CT molecular complexity index is 1720. The molecule has 3 N–H and O–H groups in total. The molecule has 0 radical (unpaired) electrons. The molecule has 8 nitrogen and oxygen atoms in total. The Hall–Kier alpha value is -5.73. The van der Waals surface area contributed by atoms with Crippen LogP contribution in [0.25, 0.3) is 11.1 Å². The van der Waals surface area contributed by atoms with E-state index in [1.165, 1.54) is 4.90 Å². The van der Waals surface area contributed by atoms with Gasteiger partial charge in [-0.3, -0.25) is 14.9 Å². The van der Waals surface area contributed by atoms with Crippen molar-refractivity contribution in [3.63, 3.8) is 0 Å². The minimum absolute atomic E-state index is 0.00792. The Morgan fingerprint density at radius 2 is 1.12 bits per heavy atom. The summed E-state index contributed by atoms with van der Waals surface area (Å²) >= 11 is 0. The maximum absolute atomic E-state index is 13.7. The van der Waals surface area contributed by atoms with Gasteiger partial charge in [-0.15, -0.1) is 0 Å². The van der Waals surface area contributed by atoms with Crippen LogP contribution in [0.2, 0.25) is 0 Å². The van der Waals surface area contributed by atoms with Crippen molar-refractivity contribution in [1.29, 1.82) is 0 Å². The maximum Gasteiger partial charge on any atom is 0.407 e. The molecular weight excluding hydrogens is 602 g/mol. The second-order valence-corrected chi connectivity index (χ2v) is 11.7. The van der Waals surface area contributed by atoms with Gasteiger partial charge in [0, 0.05) is 19.0 Å². The van der Waals surface area contributed by atoms with Crippen molar-refractivity contribution in [3.05, 3.63) is 167 Å². The van der Waals surface area contributed by atoms with E-state index in [9.17, 15) is 19.5 Å². The molecule has 8 heteroatoms. The lowest BCUT2D eigenvalue weighted by molar-refractivity contribution is -0.144. The molecule has 0 spiro atoms. The Balaban J connectivity index is 1.12. The molecule has 5 aromatic rings. The molecule has 0 saturated heterocycles. The molecule has 0 atom stereocenters. The van der Waals surface area contributed by atoms with E-state index < -0.39 is 30.1 Å². The van der Waals surface area contributed by atoms with Crippen LogP contribution in [0.3, 0.4) is 0 Å². The maximum atomic E-state index is 13.7. The zero-order chi connectivity index (χ0) is 33.3. The van der Waals surface area contributed by atoms with Crippen LogP contribution in [0.1, 0.15) is 33.7 Å². The van der Waals surface area contributed by atoms with Crippen molar-refractivity contribution in [3.8, 4) is 11.1 Å². The number of aliphatic carboxylic acids is 1. The molecule has 0 aromatic heterocycles. The molecule has 242 valence electrons. The average molecular weight is 640 g/mol. The van der Waals surface area contributed by atoms with Gasteiger partial charge in [0.2, 0.25) is 5.91 Å². The van der Waals surface area contributed by atoms with E-state index >= 15 is 0 Å². The number of carbonyl (C=O) groups excluding carboxylic acids is 2. The largest absolute Gasteiger partial charge is 0.480 e. The normalized spacial score (nSPS) is 12.1. The quantitative estimate of drug-likeness (QED) is 0.136. The molecular formula is C40H37N3O5. The Morgan fingerprint density at radius 3 is 1.60 bits per heavy atom.